The number of hydrogen-bond acceptors (Lipinski definition) is 2. The standard InChI is InChI=1S/C18H17NO2/c1-18(17(20)21)14(11-13-7-3-2-4-8-13)12-19-16-10-6-5-9-15(16)18/h2-10,12,14H,11H2,1H3,(H,20,21). The van der Waals surface area contributed by atoms with E-state index in [1.165, 1.54) is 0 Å². The van der Waals surface area contributed by atoms with Crippen LogP contribution in [0.1, 0.15) is 18.1 Å². The second-order valence-corrected chi connectivity index (χ2v) is 5.60. The van der Waals surface area contributed by atoms with Gasteiger partial charge in [0, 0.05) is 12.1 Å². The Hall–Kier alpha value is -2.42. The van der Waals surface area contributed by atoms with Gasteiger partial charge >= 0.3 is 5.97 Å². The van der Waals surface area contributed by atoms with Crippen LogP contribution in [0.4, 0.5) is 5.69 Å². The first-order valence-electron chi connectivity index (χ1n) is 7.03. The van der Waals surface area contributed by atoms with E-state index in [0.717, 1.165) is 16.8 Å². The molecule has 2 aromatic rings. The summed E-state index contributed by atoms with van der Waals surface area (Å²) in [5.41, 5.74) is 1.72. The summed E-state index contributed by atoms with van der Waals surface area (Å²) in [5, 5.41) is 9.83. The molecule has 0 bridgehead atoms. The monoisotopic (exact) mass is 279 g/mol. The summed E-state index contributed by atoms with van der Waals surface area (Å²) >= 11 is 0. The van der Waals surface area contributed by atoms with Crippen molar-refractivity contribution in [3.05, 3.63) is 65.7 Å². The fraction of sp³-hybridized carbons (Fsp3) is 0.222. The van der Waals surface area contributed by atoms with Crippen LogP contribution in [0.25, 0.3) is 0 Å². The molecule has 0 saturated carbocycles. The Kier molecular flexibility index (Phi) is 3.34. The molecule has 3 heteroatoms. The van der Waals surface area contributed by atoms with Crippen molar-refractivity contribution in [3.8, 4) is 0 Å². The third-order valence-corrected chi connectivity index (χ3v) is 4.34. The Morgan fingerprint density at radius 2 is 1.81 bits per heavy atom. The van der Waals surface area contributed by atoms with Crippen LogP contribution in [-0.2, 0) is 16.6 Å². The van der Waals surface area contributed by atoms with E-state index >= 15 is 0 Å². The van der Waals surface area contributed by atoms with Crippen molar-refractivity contribution >= 4 is 17.9 Å². The van der Waals surface area contributed by atoms with Gasteiger partial charge in [0.1, 0.15) is 0 Å². The normalized spacial score (nSPS) is 23.6. The smallest absolute Gasteiger partial charge is 0.314 e. The molecule has 0 aliphatic carbocycles. The van der Waals surface area contributed by atoms with Crippen molar-refractivity contribution < 1.29 is 9.90 Å². The summed E-state index contributed by atoms with van der Waals surface area (Å²) in [6, 6.07) is 17.5. The molecule has 1 aliphatic rings. The average Bonchev–Trinajstić information content (AvgIpc) is 2.51. The second kappa shape index (κ2) is 5.17. The van der Waals surface area contributed by atoms with E-state index in [0.29, 0.717) is 6.42 Å². The highest BCUT2D eigenvalue weighted by Crippen LogP contribution is 2.42. The third kappa shape index (κ3) is 2.25. The number of rotatable bonds is 3. The average molecular weight is 279 g/mol. The zero-order valence-corrected chi connectivity index (χ0v) is 11.9. The Morgan fingerprint density at radius 1 is 1.14 bits per heavy atom. The topological polar surface area (TPSA) is 49.7 Å². The molecule has 2 unspecified atom stereocenters. The minimum atomic E-state index is -0.950. The number of aliphatic carboxylic acids is 1. The van der Waals surface area contributed by atoms with Gasteiger partial charge in [0.2, 0.25) is 0 Å². The molecule has 3 rings (SSSR count). The lowest BCUT2D eigenvalue weighted by atomic mass is 9.68. The van der Waals surface area contributed by atoms with Gasteiger partial charge in [-0.15, -0.1) is 0 Å². The van der Waals surface area contributed by atoms with Crippen molar-refractivity contribution in [2.75, 3.05) is 0 Å². The van der Waals surface area contributed by atoms with Crippen LogP contribution in [0, 0.1) is 5.92 Å². The molecule has 0 spiro atoms. The van der Waals surface area contributed by atoms with Gasteiger partial charge in [0.05, 0.1) is 11.1 Å². The van der Waals surface area contributed by atoms with Gasteiger partial charge in [-0.3, -0.25) is 9.79 Å². The van der Waals surface area contributed by atoms with Crippen molar-refractivity contribution in [2.24, 2.45) is 10.9 Å². The summed E-state index contributed by atoms with van der Waals surface area (Å²) in [6.07, 6.45) is 2.46. The number of nitrogens with zero attached hydrogens (tertiary/aromatic N) is 1. The molecule has 0 radical (unpaired) electrons. The lowest BCUT2D eigenvalue weighted by Gasteiger charge is -2.35. The highest BCUT2D eigenvalue weighted by Gasteiger charge is 2.45. The van der Waals surface area contributed by atoms with Crippen LogP contribution in [0.15, 0.2) is 59.6 Å². The second-order valence-electron chi connectivity index (χ2n) is 5.60. The Morgan fingerprint density at radius 3 is 2.52 bits per heavy atom. The van der Waals surface area contributed by atoms with Crippen molar-refractivity contribution in [2.45, 2.75) is 18.8 Å². The molecular formula is C18H17NO2. The van der Waals surface area contributed by atoms with Crippen LogP contribution in [-0.4, -0.2) is 17.3 Å². The molecule has 0 saturated heterocycles. The fourth-order valence-corrected chi connectivity index (χ4v) is 2.94. The SMILES string of the molecule is CC1(C(=O)O)c2ccccc2N=CC1Cc1ccccc1. The Balaban J connectivity index is 2.04. The van der Waals surface area contributed by atoms with Gasteiger partial charge in [0.15, 0.2) is 0 Å². The molecule has 0 amide bonds. The predicted octanol–water partition coefficient (Wildman–Crippen LogP) is 3.60. The number of carboxylic acids is 1. The highest BCUT2D eigenvalue weighted by atomic mass is 16.4. The molecule has 106 valence electrons. The van der Waals surface area contributed by atoms with Crippen LogP contribution >= 0.6 is 0 Å². The van der Waals surface area contributed by atoms with E-state index in [-0.39, 0.29) is 5.92 Å². The minimum absolute atomic E-state index is 0.160. The van der Waals surface area contributed by atoms with Gasteiger partial charge < -0.3 is 5.11 Å². The Bertz CT molecular complexity index is 693. The summed E-state index contributed by atoms with van der Waals surface area (Å²) in [6.45, 7) is 1.80. The molecular weight excluding hydrogens is 262 g/mol. The largest absolute Gasteiger partial charge is 0.481 e. The van der Waals surface area contributed by atoms with Crippen LogP contribution in [0.5, 0.6) is 0 Å². The maximum Gasteiger partial charge on any atom is 0.314 e. The molecule has 21 heavy (non-hydrogen) atoms. The van der Waals surface area contributed by atoms with Gasteiger partial charge in [-0.05, 0) is 30.5 Å². The fourth-order valence-electron chi connectivity index (χ4n) is 2.94. The lowest BCUT2D eigenvalue weighted by molar-refractivity contribution is -0.144. The van der Waals surface area contributed by atoms with E-state index < -0.39 is 11.4 Å². The number of carbonyl (C=O) groups is 1. The first-order chi connectivity index (χ1) is 10.1. The van der Waals surface area contributed by atoms with Crippen molar-refractivity contribution in [1.29, 1.82) is 0 Å². The van der Waals surface area contributed by atoms with E-state index in [2.05, 4.69) is 4.99 Å². The quantitative estimate of drug-likeness (QED) is 0.933. The number of fused-ring (bicyclic) bond motifs is 1. The summed E-state index contributed by atoms with van der Waals surface area (Å²) in [4.78, 5) is 16.4. The molecule has 0 aromatic heterocycles. The molecule has 1 aliphatic heterocycles. The van der Waals surface area contributed by atoms with E-state index in [4.69, 9.17) is 0 Å². The molecule has 3 nitrogen and oxygen atoms in total. The van der Waals surface area contributed by atoms with Gasteiger partial charge in [0.25, 0.3) is 0 Å². The van der Waals surface area contributed by atoms with Gasteiger partial charge in [-0.25, -0.2) is 0 Å². The molecule has 2 atom stereocenters. The summed E-state index contributed by atoms with van der Waals surface area (Å²) < 4.78 is 0. The highest BCUT2D eigenvalue weighted by molar-refractivity contribution is 5.91. The first kappa shape index (κ1) is 13.6. The van der Waals surface area contributed by atoms with Gasteiger partial charge in [-0.2, -0.15) is 0 Å². The number of aliphatic imine (C=N–C) groups is 1. The molecule has 0 fully saturated rings. The maximum absolute atomic E-state index is 12.0. The van der Waals surface area contributed by atoms with E-state index in [1.54, 1.807) is 13.1 Å². The Labute approximate surface area is 124 Å². The van der Waals surface area contributed by atoms with Crippen molar-refractivity contribution in [1.82, 2.24) is 0 Å². The number of hydrogen-bond donors (Lipinski definition) is 1. The van der Waals surface area contributed by atoms with Crippen molar-refractivity contribution in [3.63, 3.8) is 0 Å². The lowest BCUT2D eigenvalue weighted by Crippen LogP contribution is -2.43. The first-order valence-corrected chi connectivity index (χ1v) is 7.03. The van der Waals surface area contributed by atoms with Gasteiger partial charge in [-0.1, -0.05) is 48.5 Å². The van der Waals surface area contributed by atoms with Crippen LogP contribution < -0.4 is 0 Å². The maximum atomic E-state index is 12.0. The molecule has 1 N–H and O–H groups in total. The number of benzene rings is 2. The van der Waals surface area contributed by atoms with Crippen LogP contribution in [0.2, 0.25) is 0 Å². The molecule has 2 aromatic carbocycles. The zero-order chi connectivity index (χ0) is 14.9. The van der Waals surface area contributed by atoms with E-state index in [1.807, 2.05) is 54.6 Å². The summed E-state index contributed by atoms with van der Waals surface area (Å²) in [7, 11) is 0. The van der Waals surface area contributed by atoms with Crippen LogP contribution in [0.3, 0.4) is 0 Å². The summed E-state index contributed by atoms with van der Waals surface area (Å²) in [5.74, 6) is -0.964. The third-order valence-electron chi connectivity index (χ3n) is 4.34. The number of para-hydroxylation sites is 1. The number of carboxylic acid groups (broad SMARTS) is 1. The minimum Gasteiger partial charge on any atom is -0.481 e. The van der Waals surface area contributed by atoms with E-state index in [9.17, 15) is 9.90 Å². The predicted molar refractivity (Wildman–Crippen MR) is 83.2 cm³/mol. The zero-order valence-electron chi connectivity index (χ0n) is 11.9. The molecule has 1 heterocycles.